The van der Waals surface area contributed by atoms with Crippen LogP contribution in [0.15, 0.2) is 12.3 Å². The van der Waals surface area contributed by atoms with Gasteiger partial charge in [-0.15, -0.1) is 0 Å². The van der Waals surface area contributed by atoms with Gasteiger partial charge < -0.3 is 0 Å². The largest absolute Gasteiger partial charge is 0.433 e. The Labute approximate surface area is 65.5 Å². The number of alkyl halides is 3. The molecule has 0 aliphatic rings. The molecule has 0 aliphatic heterocycles. The van der Waals surface area contributed by atoms with Crippen molar-refractivity contribution in [3.05, 3.63) is 23.8 Å². The summed E-state index contributed by atoms with van der Waals surface area (Å²) in [4.78, 5) is 6.26. The predicted molar refractivity (Wildman–Crippen MR) is 31.7 cm³/mol. The number of halogens is 3. The molecule has 1 rings (SSSR count). The van der Waals surface area contributed by atoms with Crippen LogP contribution in [0.1, 0.15) is 11.5 Å². The summed E-state index contributed by atoms with van der Waals surface area (Å²) in [5.41, 5.74) is -1.10. The van der Waals surface area contributed by atoms with Gasteiger partial charge in [-0.2, -0.15) is 18.4 Å². The molecule has 3 nitrogen and oxygen atoms in total. The Morgan fingerprint density at radius 3 is 2.58 bits per heavy atom. The van der Waals surface area contributed by atoms with Crippen molar-refractivity contribution >= 4 is 0 Å². The van der Waals surface area contributed by atoms with Crippen LogP contribution < -0.4 is 0 Å². The van der Waals surface area contributed by atoms with E-state index < -0.39 is 17.7 Å². The zero-order valence-corrected chi connectivity index (χ0v) is 5.63. The van der Waals surface area contributed by atoms with E-state index >= 15 is 0 Å². The Hall–Kier alpha value is -1.64. The summed E-state index contributed by atoms with van der Waals surface area (Å²) in [5.74, 6) is -0.482. The summed E-state index contributed by atoms with van der Waals surface area (Å²) in [5, 5.41) is 8.19. The first-order valence-corrected chi connectivity index (χ1v) is 2.84. The topological polar surface area (TPSA) is 49.6 Å². The van der Waals surface area contributed by atoms with Crippen molar-refractivity contribution in [2.75, 3.05) is 0 Å². The second-order valence-corrected chi connectivity index (χ2v) is 1.88. The highest BCUT2D eigenvalue weighted by Gasteiger charge is 2.32. The minimum absolute atomic E-state index is 0.482. The van der Waals surface area contributed by atoms with E-state index in [2.05, 4.69) is 9.97 Å². The number of aromatic nitrogens is 2. The van der Waals surface area contributed by atoms with Crippen molar-refractivity contribution in [3.8, 4) is 6.07 Å². The average Bonchev–Trinajstić information content (AvgIpc) is 2.03. The second-order valence-electron chi connectivity index (χ2n) is 1.88. The summed E-state index contributed by atoms with van der Waals surface area (Å²) in [6.07, 6.45) is -3.62. The van der Waals surface area contributed by atoms with Gasteiger partial charge in [0.2, 0.25) is 5.82 Å². The van der Waals surface area contributed by atoms with E-state index in [1.807, 2.05) is 0 Å². The van der Waals surface area contributed by atoms with Gasteiger partial charge in [-0.05, 0) is 6.07 Å². The monoisotopic (exact) mass is 173 g/mol. The molecule has 0 aliphatic carbocycles. The van der Waals surface area contributed by atoms with Crippen LogP contribution in [0.2, 0.25) is 0 Å². The van der Waals surface area contributed by atoms with Gasteiger partial charge in [0.15, 0.2) is 0 Å². The summed E-state index contributed by atoms with van der Waals surface area (Å²) in [7, 11) is 0. The smallest absolute Gasteiger partial charge is 0.228 e. The average molecular weight is 173 g/mol. The van der Waals surface area contributed by atoms with Crippen molar-refractivity contribution in [3.63, 3.8) is 0 Å². The highest BCUT2D eigenvalue weighted by molar-refractivity contribution is 5.14. The lowest BCUT2D eigenvalue weighted by molar-refractivity contribution is -0.141. The van der Waals surface area contributed by atoms with Crippen LogP contribution in [0.25, 0.3) is 0 Å². The van der Waals surface area contributed by atoms with Crippen LogP contribution in [0.3, 0.4) is 0 Å². The number of nitrogens with zero attached hydrogens (tertiary/aromatic N) is 3. The minimum Gasteiger partial charge on any atom is -0.228 e. The predicted octanol–water partition coefficient (Wildman–Crippen LogP) is 1.37. The maximum absolute atomic E-state index is 11.9. The Balaban J connectivity index is 3.13. The fourth-order valence-corrected chi connectivity index (χ4v) is 0.570. The molecule has 1 aromatic heterocycles. The van der Waals surface area contributed by atoms with Gasteiger partial charge in [0.25, 0.3) is 0 Å². The number of hydrogen-bond acceptors (Lipinski definition) is 3. The molecule has 0 N–H and O–H groups in total. The molecule has 0 amide bonds. The molecule has 1 heterocycles. The summed E-state index contributed by atoms with van der Waals surface area (Å²) >= 11 is 0. The first-order chi connectivity index (χ1) is 5.54. The minimum atomic E-state index is -4.52. The van der Waals surface area contributed by atoms with E-state index in [9.17, 15) is 13.2 Å². The third-order valence-electron chi connectivity index (χ3n) is 1.05. The quantitative estimate of drug-likeness (QED) is 0.595. The standard InChI is InChI=1S/C6H2F3N3/c7-6(8,9)4-1-2-11-5(3-10)12-4/h1-2H. The molecule has 6 heteroatoms. The van der Waals surface area contributed by atoms with Gasteiger partial charge in [-0.3, -0.25) is 0 Å². The van der Waals surface area contributed by atoms with Crippen molar-refractivity contribution in [1.29, 1.82) is 5.26 Å². The van der Waals surface area contributed by atoms with Gasteiger partial charge in [-0.25, -0.2) is 9.97 Å². The van der Waals surface area contributed by atoms with Gasteiger partial charge in [0, 0.05) is 6.20 Å². The normalized spacial score (nSPS) is 10.8. The van der Waals surface area contributed by atoms with Crippen molar-refractivity contribution in [1.82, 2.24) is 9.97 Å². The van der Waals surface area contributed by atoms with Crippen LogP contribution in [0, 0.1) is 11.3 Å². The Kier molecular flexibility index (Phi) is 1.95. The fourth-order valence-electron chi connectivity index (χ4n) is 0.570. The molecule has 0 radical (unpaired) electrons. The Bertz CT molecular complexity index is 326. The first-order valence-electron chi connectivity index (χ1n) is 2.84. The molecule has 0 saturated heterocycles. The number of hydrogen-bond donors (Lipinski definition) is 0. The zero-order valence-electron chi connectivity index (χ0n) is 5.63. The van der Waals surface area contributed by atoms with Crippen molar-refractivity contribution in [2.24, 2.45) is 0 Å². The molecule has 0 aromatic carbocycles. The van der Waals surface area contributed by atoms with Gasteiger partial charge in [0.05, 0.1) is 0 Å². The molecule has 12 heavy (non-hydrogen) atoms. The number of nitriles is 1. The van der Waals surface area contributed by atoms with Gasteiger partial charge in [-0.1, -0.05) is 0 Å². The molecule has 0 spiro atoms. The fraction of sp³-hybridized carbons (Fsp3) is 0.167. The lowest BCUT2D eigenvalue weighted by Gasteiger charge is -2.03. The lowest BCUT2D eigenvalue weighted by atomic mass is 10.4. The van der Waals surface area contributed by atoms with Crippen molar-refractivity contribution in [2.45, 2.75) is 6.18 Å². The molecule has 1 aromatic rings. The molecule has 0 atom stereocenters. The second kappa shape index (κ2) is 2.77. The highest BCUT2D eigenvalue weighted by atomic mass is 19.4. The Morgan fingerprint density at radius 2 is 2.08 bits per heavy atom. The molecule has 0 saturated carbocycles. The maximum Gasteiger partial charge on any atom is 0.433 e. The summed E-state index contributed by atoms with van der Waals surface area (Å²) < 4.78 is 35.7. The van der Waals surface area contributed by atoms with Crippen molar-refractivity contribution < 1.29 is 13.2 Å². The summed E-state index contributed by atoms with van der Waals surface area (Å²) in [6, 6.07) is 2.13. The van der Waals surface area contributed by atoms with E-state index in [-0.39, 0.29) is 0 Å². The highest BCUT2D eigenvalue weighted by Crippen LogP contribution is 2.26. The molecular weight excluding hydrogens is 171 g/mol. The lowest BCUT2D eigenvalue weighted by Crippen LogP contribution is -2.09. The maximum atomic E-state index is 11.9. The molecular formula is C6H2F3N3. The molecule has 0 unspecified atom stereocenters. The molecule has 0 bridgehead atoms. The number of rotatable bonds is 0. The van der Waals surface area contributed by atoms with E-state index in [0.717, 1.165) is 6.20 Å². The van der Waals surface area contributed by atoms with Gasteiger partial charge in [0.1, 0.15) is 11.8 Å². The van der Waals surface area contributed by atoms with Crippen LogP contribution in [0.4, 0.5) is 13.2 Å². The first kappa shape index (κ1) is 8.46. The zero-order chi connectivity index (χ0) is 9.19. The molecule has 62 valence electrons. The van der Waals surface area contributed by atoms with Crippen LogP contribution in [-0.4, -0.2) is 9.97 Å². The third-order valence-corrected chi connectivity index (χ3v) is 1.05. The third kappa shape index (κ3) is 1.69. The SMILES string of the molecule is N#Cc1nccc(C(F)(F)F)n1. The van der Waals surface area contributed by atoms with E-state index in [1.165, 1.54) is 6.07 Å². The van der Waals surface area contributed by atoms with Crippen LogP contribution in [0.5, 0.6) is 0 Å². The van der Waals surface area contributed by atoms with Crippen LogP contribution in [-0.2, 0) is 6.18 Å². The van der Waals surface area contributed by atoms with E-state index in [0.29, 0.717) is 6.07 Å². The molecule has 0 fully saturated rings. The van der Waals surface area contributed by atoms with E-state index in [4.69, 9.17) is 5.26 Å². The summed E-state index contributed by atoms with van der Waals surface area (Å²) in [6.45, 7) is 0. The van der Waals surface area contributed by atoms with Gasteiger partial charge >= 0.3 is 6.18 Å². The van der Waals surface area contributed by atoms with Crippen LogP contribution >= 0.6 is 0 Å². The van der Waals surface area contributed by atoms with E-state index in [1.54, 1.807) is 0 Å². The Morgan fingerprint density at radius 1 is 1.42 bits per heavy atom.